The van der Waals surface area contributed by atoms with Crippen LogP contribution < -0.4 is 10.6 Å². The first kappa shape index (κ1) is 9.97. The van der Waals surface area contributed by atoms with Crippen LogP contribution in [0.4, 0.5) is 0 Å². The number of rotatable bonds is 1. The highest BCUT2D eigenvalue weighted by Crippen LogP contribution is 2.10. The Balaban J connectivity index is 2.32. The van der Waals surface area contributed by atoms with Crippen LogP contribution in [0.15, 0.2) is 16.7 Å². The summed E-state index contributed by atoms with van der Waals surface area (Å²) >= 11 is 0. The zero-order valence-electron chi connectivity index (χ0n) is 7.97. The van der Waals surface area contributed by atoms with Crippen LogP contribution >= 0.6 is 0 Å². The molecule has 0 bridgehead atoms. The Kier molecular flexibility index (Phi) is 2.14. The van der Waals surface area contributed by atoms with Gasteiger partial charge in [0.1, 0.15) is 12.7 Å². The maximum Gasteiger partial charge on any atom is 0.253 e. The second-order valence-corrected chi connectivity index (χ2v) is 4.94. The van der Waals surface area contributed by atoms with Crippen LogP contribution in [-0.2, 0) is 14.8 Å². The molecule has 2 rings (SSSR count). The van der Waals surface area contributed by atoms with Crippen LogP contribution in [0.5, 0.6) is 0 Å². The van der Waals surface area contributed by atoms with Gasteiger partial charge in [0.05, 0.1) is 6.26 Å². The van der Waals surface area contributed by atoms with Gasteiger partial charge in [0.15, 0.2) is 0 Å². The maximum absolute atomic E-state index is 11.1. The molecule has 1 amide bonds. The number of hydrogen-bond acceptors (Lipinski definition) is 3. The molecule has 1 fully saturated rings. The molecule has 2 heterocycles. The fourth-order valence-corrected chi connectivity index (χ4v) is 1.90. The van der Waals surface area contributed by atoms with Gasteiger partial charge in [0.2, 0.25) is 11.9 Å². The van der Waals surface area contributed by atoms with Gasteiger partial charge in [-0.15, -0.1) is 4.40 Å². The molecule has 82 valence electrons. The van der Waals surface area contributed by atoms with Gasteiger partial charge in [0.25, 0.3) is 10.0 Å². The smallest absolute Gasteiger partial charge is 0.253 e. The molecule has 1 saturated heterocycles. The van der Waals surface area contributed by atoms with E-state index in [1.54, 1.807) is 17.2 Å². The van der Waals surface area contributed by atoms with Crippen molar-refractivity contribution in [2.75, 3.05) is 12.8 Å². The minimum Gasteiger partial charge on any atom is -0.332 e. The van der Waals surface area contributed by atoms with Crippen LogP contribution in [0.25, 0.3) is 0 Å². The third kappa shape index (κ3) is 2.09. The molecule has 0 aromatic carbocycles. The average molecular weight is 230 g/mol. The zero-order valence-corrected chi connectivity index (χ0v) is 8.78. The van der Waals surface area contributed by atoms with Crippen molar-refractivity contribution in [3.05, 3.63) is 12.3 Å². The number of amides is 1. The summed E-state index contributed by atoms with van der Waals surface area (Å²) in [6.07, 6.45) is 3.96. The first-order chi connectivity index (χ1) is 6.96. The fraction of sp³-hybridized carbons (Fsp3) is 0.429. The third-order valence-electron chi connectivity index (χ3n) is 1.97. The van der Waals surface area contributed by atoms with Crippen LogP contribution in [0.2, 0.25) is 0 Å². The van der Waals surface area contributed by atoms with Crippen molar-refractivity contribution in [1.82, 2.24) is 15.5 Å². The standard InChI is InChI=1S/C7H10N4O3S/c1-15(13,14)10-7-8-3-2-5-9-6(12)4-11(5)7/h2-3,5H,4H2,1H3,(H,8,10)(H,9,12)/t5-/m1/s1. The van der Waals surface area contributed by atoms with Gasteiger partial charge in [0, 0.05) is 6.20 Å². The van der Waals surface area contributed by atoms with E-state index >= 15 is 0 Å². The summed E-state index contributed by atoms with van der Waals surface area (Å²) in [5.74, 6) is 0.0119. The first-order valence-electron chi connectivity index (χ1n) is 4.25. The third-order valence-corrected chi connectivity index (χ3v) is 2.48. The Hall–Kier alpha value is -1.57. The molecule has 1 atom stereocenters. The van der Waals surface area contributed by atoms with Crippen LogP contribution in [0.3, 0.4) is 0 Å². The molecule has 2 aliphatic rings. The lowest BCUT2D eigenvalue weighted by molar-refractivity contribution is -0.118. The molecule has 0 aliphatic carbocycles. The predicted octanol–water partition coefficient (Wildman–Crippen LogP) is -1.82. The van der Waals surface area contributed by atoms with Gasteiger partial charge >= 0.3 is 0 Å². The number of nitrogens with zero attached hydrogens (tertiary/aromatic N) is 2. The van der Waals surface area contributed by atoms with E-state index in [2.05, 4.69) is 15.0 Å². The van der Waals surface area contributed by atoms with Gasteiger partial charge in [-0.05, 0) is 6.08 Å². The van der Waals surface area contributed by atoms with Crippen LogP contribution in [0.1, 0.15) is 0 Å². The number of sulfonamides is 1. The number of fused-ring (bicyclic) bond motifs is 1. The summed E-state index contributed by atoms with van der Waals surface area (Å²) in [4.78, 5) is 12.6. The topological polar surface area (TPSA) is 90.9 Å². The number of hydrogen-bond donors (Lipinski definition) is 2. The minimum atomic E-state index is -3.47. The second kappa shape index (κ2) is 3.23. The molecule has 2 N–H and O–H groups in total. The molecule has 0 aromatic heterocycles. The first-order valence-corrected chi connectivity index (χ1v) is 6.10. The average Bonchev–Trinajstić information content (AvgIpc) is 2.43. The van der Waals surface area contributed by atoms with Crippen molar-refractivity contribution < 1.29 is 13.2 Å². The molecular formula is C7H10N4O3S. The Morgan fingerprint density at radius 3 is 3.00 bits per heavy atom. The summed E-state index contributed by atoms with van der Waals surface area (Å²) in [5.41, 5.74) is 0. The summed E-state index contributed by atoms with van der Waals surface area (Å²) in [5, 5.41) is 5.35. The lowest BCUT2D eigenvalue weighted by atomic mass is 10.4. The molecule has 2 aliphatic heterocycles. The molecule has 0 aromatic rings. The van der Waals surface area contributed by atoms with Gasteiger partial charge in [-0.3, -0.25) is 4.79 Å². The SMILES string of the molecule is CS(=O)(=O)/N=C1/NC=C[C@@H]2NC(=O)CN12. The maximum atomic E-state index is 11.1. The lowest BCUT2D eigenvalue weighted by Crippen LogP contribution is -2.47. The quantitative estimate of drug-likeness (QED) is 0.553. The lowest BCUT2D eigenvalue weighted by Gasteiger charge is -2.26. The van der Waals surface area contributed by atoms with E-state index in [9.17, 15) is 13.2 Å². The van der Waals surface area contributed by atoms with Crippen molar-refractivity contribution in [3.63, 3.8) is 0 Å². The molecular weight excluding hydrogens is 220 g/mol. The molecule has 0 spiro atoms. The van der Waals surface area contributed by atoms with E-state index in [0.29, 0.717) is 0 Å². The number of carbonyl (C=O) groups is 1. The minimum absolute atomic E-state index is 0.107. The number of guanidine groups is 1. The van der Waals surface area contributed by atoms with Gasteiger partial charge in [-0.1, -0.05) is 0 Å². The highest BCUT2D eigenvalue weighted by Gasteiger charge is 2.32. The van der Waals surface area contributed by atoms with Crippen molar-refractivity contribution in [2.45, 2.75) is 6.17 Å². The van der Waals surface area contributed by atoms with Crippen molar-refractivity contribution in [1.29, 1.82) is 0 Å². The molecule has 0 saturated carbocycles. The van der Waals surface area contributed by atoms with Crippen LogP contribution in [0, 0.1) is 0 Å². The zero-order chi connectivity index (χ0) is 11.1. The van der Waals surface area contributed by atoms with E-state index in [1.807, 2.05) is 0 Å². The predicted molar refractivity (Wildman–Crippen MR) is 53.2 cm³/mol. The summed E-state index contributed by atoms with van der Waals surface area (Å²) in [7, 11) is -3.47. The Morgan fingerprint density at radius 2 is 2.33 bits per heavy atom. The second-order valence-electron chi connectivity index (χ2n) is 3.29. The van der Waals surface area contributed by atoms with E-state index < -0.39 is 10.0 Å². The van der Waals surface area contributed by atoms with E-state index in [-0.39, 0.29) is 24.6 Å². The van der Waals surface area contributed by atoms with E-state index in [1.165, 1.54) is 0 Å². The Morgan fingerprint density at radius 1 is 1.60 bits per heavy atom. The largest absolute Gasteiger partial charge is 0.332 e. The van der Waals surface area contributed by atoms with Crippen LogP contribution in [-0.4, -0.2) is 44.2 Å². The normalized spacial score (nSPS) is 27.5. The summed E-state index contributed by atoms with van der Waals surface area (Å²) < 4.78 is 25.5. The summed E-state index contributed by atoms with van der Waals surface area (Å²) in [6, 6.07) is 0. The fourth-order valence-electron chi connectivity index (χ4n) is 1.43. The van der Waals surface area contributed by atoms with Gasteiger partial charge in [-0.25, -0.2) is 8.42 Å². The highest BCUT2D eigenvalue weighted by atomic mass is 32.2. The highest BCUT2D eigenvalue weighted by molar-refractivity contribution is 7.89. The molecule has 0 unspecified atom stereocenters. The van der Waals surface area contributed by atoms with Crippen molar-refractivity contribution >= 4 is 21.9 Å². The molecule has 8 heteroatoms. The van der Waals surface area contributed by atoms with Crippen molar-refractivity contribution in [3.8, 4) is 0 Å². The monoisotopic (exact) mass is 230 g/mol. The number of carbonyl (C=O) groups excluding carboxylic acids is 1. The summed E-state index contributed by atoms with van der Waals surface area (Å²) in [6.45, 7) is 0.107. The van der Waals surface area contributed by atoms with E-state index in [0.717, 1.165) is 6.26 Å². The number of nitrogens with one attached hydrogen (secondary N) is 2. The molecule has 0 radical (unpaired) electrons. The van der Waals surface area contributed by atoms with Gasteiger partial charge in [-0.2, -0.15) is 0 Å². The van der Waals surface area contributed by atoms with E-state index in [4.69, 9.17) is 0 Å². The molecule has 7 nitrogen and oxygen atoms in total. The Bertz CT molecular complexity index is 453. The molecule has 15 heavy (non-hydrogen) atoms. The Labute approximate surface area is 86.9 Å². The van der Waals surface area contributed by atoms with Crippen molar-refractivity contribution in [2.24, 2.45) is 4.40 Å². The van der Waals surface area contributed by atoms with Gasteiger partial charge < -0.3 is 15.5 Å².